The molecule has 5 rings (SSSR count). The number of carbonyl (C=O) groups excluding carboxylic acids is 5. The number of ether oxygens (including phenoxy) is 2. The highest BCUT2D eigenvalue weighted by atomic mass is 16.6. The number of anilines is 2. The van der Waals surface area contributed by atoms with Gasteiger partial charge in [0.25, 0.3) is 5.91 Å². The van der Waals surface area contributed by atoms with Gasteiger partial charge in [0.05, 0.1) is 19.5 Å². The number of Topliss-reactive ketones (excluding diaryl/α,β-unsaturated/α-hetero) is 1. The lowest BCUT2D eigenvalue weighted by Gasteiger charge is -2.37. The van der Waals surface area contributed by atoms with Crippen LogP contribution in [0.3, 0.4) is 0 Å². The molecule has 3 aromatic carbocycles. The topological polar surface area (TPSA) is 164 Å². The summed E-state index contributed by atoms with van der Waals surface area (Å²) in [4.78, 5) is 74.2. The Kier molecular flexibility index (Phi) is 13.3. The van der Waals surface area contributed by atoms with Crippen molar-refractivity contribution < 1.29 is 33.4 Å². The van der Waals surface area contributed by atoms with Crippen molar-refractivity contribution >= 4 is 41.1 Å². The first-order valence-electron chi connectivity index (χ1n) is 18.6. The van der Waals surface area contributed by atoms with E-state index in [4.69, 9.17) is 9.47 Å². The number of nitrogens with one attached hydrogen (secondary N) is 3. The molecule has 0 saturated carbocycles. The van der Waals surface area contributed by atoms with Gasteiger partial charge in [-0.1, -0.05) is 60.7 Å². The van der Waals surface area contributed by atoms with Gasteiger partial charge in [0.1, 0.15) is 23.2 Å². The Bertz CT molecular complexity index is 1970. The molecular formula is C42H51N7O7. The van der Waals surface area contributed by atoms with Crippen molar-refractivity contribution in [2.75, 3.05) is 43.0 Å². The zero-order valence-corrected chi connectivity index (χ0v) is 32.8. The van der Waals surface area contributed by atoms with Crippen molar-refractivity contribution in [3.05, 3.63) is 114 Å². The number of benzene rings is 3. The summed E-state index contributed by atoms with van der Waals surface area (Å²) >= 11 is 0. The van der Waals surface area contributed by atoms with Crippen molar-refractivity contribution in [1.82, 2.24) is 25.1 Å². The molecule has 2 atom stereocenters. The first kappa shape index (κ1) is 41.1. The van der Waals surface area contributed by atoms with Gasteiger partial charge < -0.3 is 39.8 Å². The maximum atomic E-state index is 14.2. The molecule has 0 aliphatic carbocycles. The standard InChI is InChI=1S/C42H51N7O7/c1-29(50)31-17-19-33(20-18-31)47-21-23-48(24-22-47)38(52)36(32-15-11-8-12-16-32)49-25-35(43-28-49)45-37(51)34(27-55-26-30-13-9-7-10-14-30)44-39(53)42(5,6)46-40(54)56-41(2,3)4/h7-20,25,28,34,36H,21-24,26-27H2,1-6H3,(H,44,53)(H,45,51)(H,46,54)/t34-,36?/m1/s1. The van der Waals surface area contributed by atoms with E-state index in [2.05, 4.69) is 25.8 Å². The van der Waals surface area contributed by atoms with Gasteiger partial charge in [0, 0.05) is 43.6 Å². The lowest BCUT2D eigenvalue weighted by Crippen LogP contribution is -2.59. The molecule has 4 aromatic rings. The third-order valence-electron chi connectivity index (χ3n) is 9.13. The Balaban J connectivity index is 1.29. The minimum atomic E-state index is -1.45. The molecule has 4 amide bonds. The van der Waals surface area contributed by atoms with Crippen molar-refractivity contribution in [2.24, 2.45) is 0 Å². The Morgan fingerprint density at radius 1 is 0.821 bits per heavy atom. The molecule has 56 heavy (non-hydrogen) atoms. The molecule has 1 saturated heterocycles. The van der Waals surface area contributed by atoms with Gasteiger partial charge in [0.15, 0.2) is 11.6 Å². The lowest BCUT2D eigenvalue weighted by molar-refractivity contribution is -0.134. The smallest absolute Gasteiger partial charge is 0.408 e. The number of piperazine rings is 1. The van der Waals surface area contributed by atoms with Crippen LogP contribution in [0.25, 0.3) is 0 Å². The monoisotopic (exact) mass is 765 g/mol. The van der Waals surface area contributed by atoms with E-state index >= 15 is 0 Å². The van der Waals surface area contributed by atoms with Crippen molar-refractivity contribution in [3.63, 3.8) is 0 Å². The molecule has 14 nitrogen and oxygen atoms in total. The van der Waals surface area contributed by atoms with Gasteiger partial charge in [-0.2, -0.15) is 0 Å². The minimum absolute atomic E-state index is 0.00863. The van der Waals surface area contributed by atoms with E-state index in [1.165, 1.54) is 27.1 Å². The van der Waals surface area contributed by atoms with Gasteiger partial charge in [-0.15, -0.1) is 0 Å². The average molecular weight is 766 g/mol. The van der Waals surface area contributed by atoms with E-state index in [1.54, 1.807) is 31.5 Å². The highest BCUT2D eigenvalue weighted by Crippen LogP contribution is 2.25. The summed E-state index contributed by atoms with van der Waals surface area (Å²) < 4.78 is 12.9. The van der Waals surface area contributed by atoms with Gasteiger partial charge >= 0.3 is 6.09 Å². The minimum Gasteiger partial charge on any atom is -0.444 e. The number of rotatable bonds is 14. The van der Waals surface area contributed by atoms with Crippen LogP contribution in [0.4, 0.5) is 16.3 Å². The Labute approximate surface area is 327 Å². The molecule has 1 unspecified atom stereocenters. The molecule has 3 N–H and O–H groups in total. The fourth-order valence-electron chi connectivity index (χ4n) is 6.10. The van der Waals surface area contributed by atoms with E-state index in [1.807, 2.05) is 89.8 Å². The molecule has 0 radical (unpaired) electrons. The van der Waals surface area contributed by atoms with Crippen LogP contribution in [-0.4, -0.2) is 94.0 Å². The lowest BCUT2D eigenvalue weighted by atomic mass is 10.0. The SMILES string of the molecule is CC(=O)c1ccc(N2CCN(C(=O)C(c3ccccc3)n3cnc(NC(=O)[C@@H](COCc4ccccc4)NC(=O)C(C)(C)NC(=O)OC(C)(C)C)c3)CC2)cc1. The normalized spacial score (nSPS) is 14.3. The number of imidazole rings is 1. The number of alkyl carbamates (subject to hydrolysis) is 1. The summed E-state index contributed by atoms with van der Waals surface area (Å²) in [6.07, 6.45) is 2.29. The van der Waals surface area contributed by atoms with E-state index in [9.17, 15) is 24.0 Å². The highest BCUT2D eigenvalue weighted by molar-refractivity contribution is 5.99. The van der Waals surface area contributed by atoms with Crippen LogP contribution < -0.4 is 20.9 Å². The van der Waals surface area contributed by atoms with E-state index < -0.39 is 41.1 Å². The van der Waals surface area contributed by atoms with Crippen LogP contribution in [0.15, 0.2) is 97.5 Å². The Morgan fingerprint density at radius 3 is 2.05 bits per heavy atom. The molecule has 1 fully saturated rings. The second-order valence-electron chi connectivity index (χ2n) is 15.2. The summed E-state index contributed by atoms with van der Waals surface area (Å²) in [5.74, 6) is -1.21. The molecule has 0 bridgehead atoms. The number of hydrogen-bond acceptors (Lipinski definition) is 9. The fraction of sp³-hybridized carbons (Fsp3) is 0.381. The number of ketones is 1. The Morgan fingerprint density at radius 2 is 1.45 bits per heavy atom. The van der Waals surface area contributed by atoms with Crippen LogP contribution in [-0.2, 0) is 30.5 Å². The zero-order valence-electron chi connectivity index (χ0n) is 32.8. The second-order valence-corrected chi connectivity index (χ2v) is 15.2. The number of amides is 4. The van der Waals surface area contributed by atoms with Crippen LogP contribution in [0.1, 0.15) is 69.1 Å². The number of aromatic nitrogens is 2. The zero-order chi connectivity index (χ0) is 40.5. The molecule has 1 aromatic heterocycles. The highest BCUT2D eigenvalue weighted by Gasteiger charge is 2.35. The number of carbonyl (C=O) groups is 5. The van der Waals surface area contributed by atoms with Crippen molar-refractivity contribution in [1.29, 1.82) is 0 Å². The third-order valence-corrected chi connectivity index (χ3v) is 9.13. The van der Waals surface area contributed by atoms with Crippen LogP contribution >= 0.6 is 0 Å². The predicted octanol–water partition coefficient (Wildman–Crippen LogP) is 4.97. The molecule has 14 heteroatoms. The largest absolute Gasteiger partial charge is 0.444 e. The quantitative estimate of drug-likeness (QED) is 0.151. The second kappa shape index (κ2) is 18.1. The van der Waals surface area contributed by atoms with Crippen molar-refractivity contribution in [2.45, 2.75) is 71.4 Å². The third kappa shape index (κ3) is 11.3. The summed E-state index contributed by atoms with van der Waals surface area (Å²) in [5, 5.41) is 8.04. The van der Waals surface area contributed by atoms with Crippen molar-refractivity contribution in [3.8, 4) is 0 Å². The predicted molar refractivity (Wildman–Crippen MR) is 212 cm³/mol. The molecular weight excluding hydrogens is 715 g/mol. The molecule has 0 spiro atoms. The fourth-order valence-corrected chi connectivity index (χ4v) is 6.10. The number of nitrogens with zero attached hydrogens (tertiary/aromatic N) is 4. The first-order valence-corrected chi connectivity index (χ1v) is 18.6. The van der Waals surface area contributed by atoms with Crippen LogP contribution in [0.2, 0.25) is 0 Å². The van der Waals surface area contributed by atoms with Crippen LogP contribution in [0, 0.1) is 0 Å². The molecule has 296 valence electrons. The van der Waals surface area contributed by atoms with Gasteiger partial charge in [0.2, 0.25) is 11.8 Å². The first-order chi connectivity index (χ1) is 26.6. The summed E-state index contributed by atoms with van der Waals surface area (Å²) in [7, 11) is 0. The van der Waals surface area contributed by atoms with Gasteiger partial charge in [-0.25, -0.2) is 9.78 Å². The summed E-state index contributed by atoms with van der Waals surface area (Å²) in [6.45, 7) is 11.9. The molecule has 1 aliphatic heterocycles. The van der Waals surface area contributed by atoms with E-state index in [-0.39, 0.29) is 30.7 Å². The molecule has 2 heterocycles. The molecule has 1 aliphatic rings. The Hall–Kier alpha value is -6.02. The average Bonchev–Trinajstić information content (AvgIpc) is 3.61. The maximum Gasteiger partial charge on any atom is 0.408 e. The van der Waals surface area contributed by atoms with Gasteiger partial charge in [-0.3, -0.25) is 19.2 Å². The van der Waals surface area contributed by atoms with Crippen LogP contribution in [0.5, 0.6) is 0 Å². The number of hydrogen-bond donors (Lipinski definition) is 3. The van der Waals surface area contributed by atoms with E-state index in [0.717, 1.165) is 16.8 Å². The summed E-state index contributed by atoms with van der Waals surface area (Å²) in [6, 6.07) is 24.3. The van der Waals surface area contributed by atoms with Gasteiger partial charge in [-0.05, 0) is 76.9 Å². The maximum absolute atomic E-state index is 14.2. The summed E-state index contributed by atoms with van der Waals surface area (Å²) in [5.41, 5.74) is 1.03. The van der Waals surface area contributed by atoms with E-state index in [0.29, 0.717) is 31.7 Å².